The molecule has 0 spiro atoms. The highest BCUT2D eigenvalue weighted by atomic mass is 16.2. The van der Waals surface area contributed by atoms with Crippen molar-refractivity contribution in [1.82, 2.24) is 19.8 Å². The van der Waals surface area contributed by atoms with Gasteiger partial charge < -0.3 is 14.8 Å². The molecule has 1 aromatic heterocycles. The van der Waals surface area contributed by atoms with Crippen LogP contribution in [-0.4, -0.2) is 58.4 Å². The van der Waals surface area contributed by atoms with E-state index in [9.17, 15) is 4.79 Å². The van der Waals surface area contributed by atoms with Gasteiger partial charge in [-0.3, -0.25) is 4.79 Å². The average Bonchev–Trinajstić information content (AvgIpc) is 2.98. The Morgan fingerprint density at radius 2 is 2.16 bits per heavy atom. The van der Waals surface area contributed by atoms with E-state index in [2.05, 4.69) is 21.8 Å². The first-order chi connectivity index (χ1) is 9.31. The van der Waals surface area contributed by atoms with Gasteiger partial charge in [0, 0.05) is 19.6 Å². The number of likely N-dealkylation sites (tertiary alicyclic amines) is 1. The molecule has 1 N–H and O–H groups in total. The third-order valence-electron chi connectivity index (χ3n) is 3.64. The Hall–Kier alpha value is -1.36. The number of amides is 1. The molecule has 2 rings (SSSR count). The Labute approximate surface area is 115 Å². The average molecular weight is 264 g/mol. The lowest BCUT2D eigenvalue weighted by atomic mass is 10.1. The molecule has 19 heavy (non-hydrogen) atoms. The van der Waals surface area contributed by atoms with E-state index in [0.29, 0.717) is 5.69 Å². The molecule has 0 unspecified atom stereocenters. The van der Waals surface area contributed by atoms with Crippen LogP contribution < -0.4 is 0 Å². The molecule has 0 aliphatic carbocycles. The normalized spacial score (nSPS) is 16.5. The maximum absolute atomic E-state index is 12.3. The lowest BCUT2D eigenvalue weighted by Gasteiger charge is -2.29. The largest absolute Gasteiger partial charge is 0.341 e. The lowest BCUT2D eigenvalue weighted by molar-refractivity contribution is 0.0724. The summed E-state index contributed by atoms with van der Waals surface area (Å²) in [5.41, 5.74) is 0.590. The van der Waals surface area contributed by atoms with Crippen molar-refractivity contribution in [2.24, 2.45) is 0 Å². The van der Waals surface area contributed by atoms with Crippen molar-refractivity contribution in [2.75, 3.05) is 32.7 Å². The van der Waals surface area contributed by atoms with Crippen LogP contribution in [0, 0.1) is 0 Å². The van der Waals surface area contributed by atoms with Crippen molar-refractivity contribution >= 4 is 5.91 Å². The summed E-state index contributed by atoms with van der Waals surface area (Å²) in [5, 5.41) is 0. The number of nitrogens with zero attached hydrogens (tertiary/aromatic N) is 3. The van der Waals surface area contributed by atoms with E-state index < -0.39 is 0 Å². The van der Waals surface area contributed by atoms with Gasteiger partial charge in [-0.1, -0.05) is 13.3 Å². The summed E-state index contributed by atoms with van der Waals surface area (Å²) >= 11 is 0. The monoisotopic (exact) mass is 264 g/mol. The molecule has 0 saturated carbocycles. The molecule has 5 nitrogen and oxygen atoms in total. The molecule has 0 radical (unpaired) electrons. The number of H-pyrrole nitrogens is 1. The first-order valence-corrected chi connectivity index (χ1v) is 7.31. The van der Waals surface area contributed by atoms with E-state index in [0.717, 1.165) is 26.1 Å². The van der Waals surface area contributed by atoms with E-state index in [1.807, 2.05) is 4.90 Å². The number of nitrogens with one attached hydrogen (secondary N) is 1. The van der Waals surface area contributed by atoms with E-state index in [1.165, 1.54) is 32.4 Å². The molecule has 0 bridgehead atoms. The van der Waals surface area contributed by atoms with E-state index in [4.69, 9.17) is 0 Å². The van der Waals surface area contributed by atoms with Crippen LogP contribution in [0.4, 0.5) is 0 Å². The van der Waals surface area contributed by atoms with Crippen molar-refractivity contribution in [3.8, 4) is 0 Å². The summed E-state index contributed by atoms with van der Waals surface area (Å²) in [4.78, 5) is 23.5. The van der Waals surface area contributed by atoms with Crippen LogP contribution in [-0.2, 0) is 0 Å². The van der Waals surface area contributed by atoms with Crippen molar-refractivity contribution in [3.05, 3.63) is 18.2 Å². The molecule has 0 aromatic carbocycles. The third kappa shape index (κ3) is 4.06. The Balaban J connectivity index is 1.86. The van der Waals surface area contributed by atoms with Gasteiger partial charge in [0.15, 0.2) is 0 Å². The number of aromatic amines is 1. The lowest BCUT2D eigenvalue weighted by Crippen LogP contribution is -2.41. The van der Waals surface area contributed by atoms with Crippen LogP contribution in [0.2, 0.25) is 0 Å². The summed E-state index contributed by atoms with van der Waals surface area (Å²) in [6.07, 6.45) is 8.08. The minimum Gasteiger partial charge on any atom is -0.341 e. The van der Waals surface area contributed by atoms with Gasteiger partial charge in [0.25, 0.3) is 5.91 Å². The van der Waals surface area contributed by atoms with Crippen molar-refractivity contribution in [3.63, 3.8) is 0 Å². The zero-order valence-corrected chi connectivity index (χ0v) is 11.8. The van der Waals surface area contributed by atoms with Gasteiger partial charge in [-0.15, -0.1) is 0 Å². The molecule has 106 valence electrons. The maximum atomic E-state index is 12.3. The Kier molecular flexibility index (Phi) is 5.39. The summed E-state index contributed by atoms with van der Waals surface area (Å²) in [6.45, 7) is 7.07. The summed E-state index contributed by atoms with van der Waals surface area (Å²) in [5.74, 6) is 0.0661. The fraction of sp³-hybridized carbons (Fsp3) is 0.714. The molecular formula is C14H24N4O. The molecule has 1 aliphatic rings. The van der Waals surface area contributed by atoms with Gasteiger partial charge in [0.2, 0.25) is 0 Å². The second kappa shape index (κ2) is 7.28. The van der Waals surface area contributed by atoms with Crippen molar-refractivity contribution < 1.29 is 4.79 Å². The van der Waals surface area contributed by atoms with E-state index in [1.54, 1.807) is 12.5 Å². The number of hydrogen-bond donors (Lipinski definition) is 1. The van der Waals surface area contributed by atoms with Crippen LogP contribution in [0.15, 0.2) is 12.5 Å². The second-order valence-electron chi connectivity index (χ2n) is 5.16. The summed E-state index contributed by atoms with van der Waals surface area (Å²) < 4.78 is 0. The van der Waals surface area contributed by atoms with Crippen molar-refractivity contribution in [2.45, 2.75) is 32.6 Å². The minimum atomic E-state index is 0.0661. The first kappa shape index (κ1) is 14.1. The summed E-state index contributed by atoms with van der Waals surface area (Å²) in [7, 11) is 0. The topological polar surface area (TPSA) is 52.2 Å². The Morgan fingerprint density at radius 1 is 1.37 bits per heavy atom. The molecule has 1 aliphatic heterocycles. The highest BCUT2D eigenvalue weighted by Gasteiger charge is 2.18. The minimum absolute atomic E-state index is 0.0661. The first-order valence-electron chi connectivity index (χ1n) is 7.31. The van der Waals surface area contributed by atoms with Gasteiger partial charge in [0.1, 0.15) is 5.69 Å². The van der Waals surface area contributed by atoms with Gasteiger partial charge in [0.05, 0.1) is 12.5 Å². The van der Waals surface area contributed by atoms with Crippen LogP contribution in [0.3, 0.4) is 0 Å². The Morgan fingerprint density at radius 3 is 2.79 bits per heavy atom. The fourth-order valence-electron chi connectivity index (χ4n) is 2.57. The molecule has 1 fully saturated rings. The number of hydrogen-bond acceptors (Lipinski definition) is 3. The van der Waals surface area contributed by atoms with Gasteiger partial charge >= 0.3 is 0 Å². The molecule has 1 saturated heterocycles. The molecule has 2 heterocycles. The highest BCUT2D eigenvalue weighted by molar-refractivity contribution is 5.92. The quantitative estimate of drug-likeness (QED) is 0.851. The van der Waals surface area contributed by atoms with E-state index >= 15 is 0 Å². The number of piperidine rings is 1. The zero-order valence-electron chi connectivity index (χ0n) is 11.8. The Bertz CT molecular complexity index is 371. The second-order valence-corrected chi connectivity index (χ2v) is 5.16. The predicted octanol–water partition coefficient (Wildman–Crippen LogP) is 1.75. The van der Waals surface area contributed by atoms with Crippen LogP contribution >= 0.6 is 0 Å². The van der Waals surface area contributed by atoms with Gasteiger partial charge in [-0.2, -0.15) is 0 Å². The number of aromatic nitrogens is 2. The standard InChI is InChI=1S/C14H24N4O/c1-2-6-18(14(19)13-11-15-12-16-13)10-9-17-7-4-3-5-8-17/h11-12H,2-10H2,1H3,(H,15,16). The third-order valence-corrected chi connectivity index (χ3v) is 3.64. The zero-order chi connectivity index (χ0) is 13.5. The molecule has 1 amide bonds. The number of imidazole rings is 1. The van der Waals surface area contributed by atoms with Crippen LogP contribution in [0.1, 0.15) is 43.1 Å². The van der Waals surface area contributed by atoms with Gasteiger partial charge in [-0.25, -0.2) is 4.98 Å². The highest BCUT2D eigenvalue weighted by Crippen LogP contribution is 2.09. The molecular weight excluding hydrogens is 240 g/mol. The summed E-state index contributed by atoms with van der Waals surface area (Å²) in [6, 6.07) is 0. The fourth-order valence-corrected chi connectivity index (χ4v) is 2.57. The van der Waals surface area contributed by atoms with Crippen LogP contribution in [0.25, 0.3) is 0 Å². The molecule has 1 aromatic rings. The number of carbonyl (C=O) groups is 1. The molecule has 5 heteroatoms. The van der Waals surface area contributed by atoms with Crippen LogP contribution in [0.5, 0.6) is 0 Å². The van der Waals surface area contributed by atoms with Crippen molar-refractivity contribution in [1.29, 1.82) is 0 Å². The number of carbonyl (C=O) groups excluding carboxylic acids is 1. The SMILES string of the molecule is CCCN(CCN1CCCCC1)C(=O)c1cnc[nH]1. The predicted molar refractivity (Wildman–Crippen MR) is 75.1 cm³/mol. The molecule has 0 atom stereocenters. The van der Waals surface area contributed by atoms with E-state index in [-0.39, 0.29) is 5.91 Å². The van der Waals surface area contributed by atoms with Gasteiger partial charge in [-0.05, 0) is 32.4 Å². The maximum Gasteiger partial charge on any atom is 0.271 e. The number of rotatable bonds is 6. The smallest absolute Gasteiger partial charge is 0.271 e.